The SMILES string of the molecule is CCCCNCc1cc(C#N)cs1. The van der Waals surface area contributed by atoms with Crippen LogP contribution in [-0.4, -0.2) is 6.54 Å². The van der Waals surface area contributed by atoms with Crippen LogP contribution in [-0.2, 0) is 6.54 Å². The Morgan fingerprint density at radius 3 is 3.08 bits per heavy atom. The van der Waals surface area contributed by atoms with E-state index in [1.165, 1.54) is 17.7 Å². The first-order valence-corrected chi connectivity index (χ1v) is 5.43. The molecule has 3 heteroatoms. The maximum Gasteiger partial charge on any atom is 0.100 e. The average Bonchev–Trinajstić information content (AvgIpc) is 2.60. The predicted molar refractivity (Wildman–Crippen MR) is 55.6 cm³/mol. The van der Waals surface area contributed by atoms with Crippen molar-refractivity contribution in [3.8, 4) is 6.07 Å². The van der Waals surface area contributed by atoms with Gasteiger partial charge in [0.25, 0.3) is 0 Å². The molecule has 2 nitrogen and oxygen atoms in total. The van der Waals surface area contributed by atoms with Crippen molar-refractivity contribution in [1.29, 1.82) is 5.26 Å². The second-order valence-electron chi connectivity index (χ2n) is 2.94. The molecule has 1 aromatic rings. The first kappa shape index (κ1) is 10.2. The molecule has 0 aliphatic rings. The molecule has 0 aliphatic heterocycles. The molecule has 70 valence electrons. The van der Waals surface area contributed by atoms with E-state index in [0.29, 0.717) is 0 Å². The maximum atomic E-state index is 8.60. The van der Waals surface area contributed by atoms with Gasteiger partial charge in [0.05, 0.1) is 5.56 Å². The zero-order valence-corrected chi connectivity index (χ0v) is 8.66. The summed E-state index contributed by atoms with van der Waals surface area (Å²) in [4.78, 5) is 1.24. The molecule has 0 radical (unpaired) electrons. The summed E-state index contributed by atoms with van der Waals surface area (Å²) in [7, 11) is 0. The van der Waals surface area contributed by atoms with Gasteiger partial charge >= 0.3 is 0 Å². The number of thiophene rings is 1. The molecule has 0 amide bonds. The topological polar surface area (TPSA) is 35.8 Å². The van der Waals surface area contributed by atoms with E-state index < -0.39 is 0 Å². The Kier molecular flexibility index (Phi) is 4.52. The lowest BCUT2D eigenvalue weighted by atomic mass is 10.3. The first-order chi connectivity index (χ1) is 6.36. The van der Waals surface area contributed by atoms with Crippen LogP contribution in [0.2, 0.25) is 0 Å². The molecule has 0 fully saturated rings. The maximum absolute atomic E-state index is 8.60. The quantitative estimate of drug-likeness (QED) is 0.731. The Morgan fingerprint density at radius 1 is 1.62 bits per heavy atom. The van der Waals surface area contributed by atoms with E-state index in [1.807, 2.05) is 11.4 Å². The van der Waals surface area contributed by atoms with E-state index in [0.717, 1.165) is 18.7 Å². The van der Waals surface area contributed by atoms with Crippen LogP contribution in [0.3, 0.4) is 0 Å². The van der Waals surface area contributed by atoms with Gasteiger partial charge < -0.3 is 5.32 Å². The lowest BCUT2D eigenvalue weighted by Crippen LogP contribution is -2.13. The number of nitriles is 1. The van der Waals surface area contributed by atoms with Gasteiger partial charge in [0.15, 0.2) is 0 Å². The Bertz CT molecular complexity index is 285. The molecule has 0 bridgehead atoms. The van der Waals surface area contributed by atoms with Crippen LogP contribution >= 0.6 is 11.3 Å². The van der Waals surface area contributed by atoms with Crippen LogP contribution in [0.1, 0.15) is 30.2 Å². The summed E-state index contributed by atoms with van der Waals surface area (Å²) in [6, 6.07) is 4.08. The minimum absolute atomic E-state index is 0.775. The van der Waals surface area contributed by atoms with Crippen molar-refractivity contribution < 1.29 is 0 Å². The highest BCUT2D eigenvalue weighted by molar-refractivity contribution is 7.10. The number of nitrogens with one attached hydrogen (secondary N) is 1. The molecular formula is C10H14N2S. The van der Waals surface area contributed by atoms with Crippen molar-refractivity contribution in [3.05, 3.63) is 21.9 Å². The summed E-state index contributed by atoms with van der Waals surface area (Å²) in [5.41, 5.74) is 0.775. The molecule has 0 unspecified atom stereocenters. The standard InChI is InChI=1S/C10H14N2S/c1-2-3-4-12-7-10-5-9(6-11)8-13-10/h5,8,12H,2-4,7H2,1H3. The lowest BCUT2D eigenvalue weighted by Gasteiger charge is -1.99. The van der Waals surface area contributed by atoms with Crippen LogP contribution in [0.15, 0.2) is 11.4 Å². The van der Waals surface area contributed by atoms with Gasteiger partial charge in [0, 0.05) is 16.8 Å². The highest BCUT2D eigenvalue weighted by atomic mass is 32.1. The normalized spacial score (nSPS) is 9.85. The van der Waals surface area contributed by atoms with Crippen molar-refractivity contribution in [2.45, 2.75) is 26.3 Å². The fourth-order valence-electron chi connectivity index (χ4n) is 1.05. The Labute approximate surface area is 83.2 Å². The monoisotopic (exact) mass is 194 g/mol. The molecule has 0 atom stereocenters. The molecule has 0 spiro atoms. The van der Waals surface area contributed by atoms with Crippen LogP contribution < -0.4 is 5.32 Å². The van der Waals surface area contributed by atoms with Crippen LogP contribution in [0.5, 0.6) is 0 Å². The van der Waals surface area contributed by atoms with Crippen molar-refractivity contribution in [3.63, 3.8) is 0 Å². The van der Waals surface area contributed by atoms with Gasteiger partial charge in [-0.15, -0.1) is 11.3 Å². The van der Waals surface area contributed by atoms with Gasteiger partial charge in [0.1, 0.15) is 6.07 Å². The van der Waals surface area contributed by atoms with E-state index in [1.54, 1.807) is 11.3 Å². The molecule has 1 heterocycles. The summed E-state index contributed by atoms with van der Waals surface area (Å²) in [5.74, 6) is 0. The van der Waals surface area contributed by atoms with Gasteiger partial charge in [-0.3, -0.25) is 0 Å². The highest BCUT2D eigenvalue weighted by Gasteiger charge is 1.97. The minimum Gasteiger partial charge on any atom is -0.312 e. The van der Waals surface area contributed by atoms with Gasteiger partial charge in [-0.2, -0.15) is 5.26 Å². The van der Waals surface area contributed by atoms with Gasteiger partial charge in [-0.25, -0.2) is 0 Å². The van der Waals surface area contributed by atoms with Crippen molar-refractivity contribution in [1.82, 2.24) is 5.32 Å². The second-order valence-corrected chi connectivity index (χ2v) is 3.94. The van der Waals surface area contributed by atoms with Crippen LogP contribution in [0.4, 0.5) is 0 Å². The van der Waals surface area contributed by atoms with Gasteiger partial charge in [-0.05, 0) is 19.0 Å². The van der Waals surface area contributed by atoms with Gasteiger partial charge in [0.2, 0.25) is 0 Å². The van der Waals surface area contributed by atoms with E-state index in [4.69, 9.17) is 5.26 Å². The summed E-state index contributed by atoms with van der Waals surface area (Å²) in [6.07, 6.45) is 2.44. The fourth-order valence-corrected chi connectivity index (χ4v) is 1.82. The highest BCUT2D eigenvalue weighted by Crippen LogP contribution is 2.13. The van der Waals surface area contributed by atoms with Gasteiger partial charge in [-0.1, -0.05) is 13.3 Å². The first-order valence-electron chi connectivity index (χ1n) is 4.55. The Hall–Kier alpha value is -0.850. The number of nitrogens with zero attached hydrogens (tertiary/aromatic N) is 1. The number of hydrogen-bond acceptors (Lipinski definition) is 3. The lowest BCUT2D eigenvalue weighted by molar-refractivity contribution is 0.646. The zero-order chi connectivity index (χ0) is 9.52. The van der Waals surface area contributed by atoms with E-state index in [2.05, 4.69) is 18.3 Å². The van der Waals surface area contributed by atoms with E-state index in [-0.39, 0.29) is 0 Å². The third-order valence-corrected chi connectivity index (χ3v) is 2.73. The molecule has 0 aromatic carbocycles. The van der Waals surface area contributed by atoms with E-state index >= 15 is 0 Å². The Balaban J connectivity index is 2.25. The second kappa shape index (κ2) is 5.74. The molecule has 1 N–H and O–H groups in total. The smallest absolute Gasteiger partial charge is 0.100 e. The molecule has 1 aromatic heterocycles. The summed E-state index contributed by atoms with van der Waals surface area (Å²) >= 11 is 1.65. The third-order valence-electron chi connectivity index (χ3n) is 1.79. The van der Waals surface area contributed by atoms with Crippen LogP contribution in [0, 0.1) is 11.3 Å². The van der Waals surface area contributed by atoms with Crippen molar-refractivity contribution in [2.75, 3.05) is 6.54 Å². The van der Waals surface area contributed by atoms with Crippen molar-refractivity contribution >= 4 is 11.3 Å². The molecule has 0 aliphatic carbocycles. The minimum atomic E-state index is 0.775. The largest absolute Gasteiger partial charge is 0.312 e. The molecule has 0 saturated carbocycles. The molecule has 13 heavy (non-hydrogen) atoms. The number of rotatable bonds is 5. The summed E-state index contributed by atoms with van der Waals surface area (Å²) in [6.45, 7) is 4.14. The zero-order valence-electron chi connectivity index (χ0n) is 7.84. The number of unbranched alkanes of at least 4 members (excludes halogenated alkanes) is 1. The van der Waals surface area contributed by atoms with Crippen LogP contribution in [0.25, 0.3) is 0 Å². The number of hydrogen-bond donors (Lipinski definition) is 1. The average molecular weight is 194 g/mol. The predicted octanol–water partition coefficient (Wildman–Crippen LogP) is 2.51. The van der Waals surface area contributed by atoms with E-state index in [9.17, 15) is 0 Å². The molecule has 1 rings (SSSR count). The summed E-state index contributed by atoms with van der Waals surface area (Å²) in [5, 5.41) is 13.8. The Morgan fingerprint density at radius 2 is 2.46 bits per heavy atom. The summed E-state index contributed by atoms with van der Waals surface area (Å²) < 4.78 is 0. The molecular weight excluding hydrogens is 180 g/mol. The molecule has 0 saturated heterocycles. The fraction of sp³-hybridized carbons (Fsp3) is 0.500. The third kappa shape index (κ3) is 3.58. The van der Waals surface area contributed by atoms with Crippen molar-refractivity contribution in [2.24, 2.45) is 0 Å².